The molecule has 0 bridgehead atoms. The Kier molecular flexibility index (Phi) is 4.11. The lowest BCUT2D eigenvalue weighted by molar-refractivity contribution is 0.580. The molecule has 3 aromatic rings. The molecular weight excluding hydrogens is 358 g/mol. The first kappa shape index (κ1) is 16.3. The van der Waals surface area contributed by atoms with E-state index in [-0.39, 0.29) is 16.9 Å². The van der Waals surface area contributed by atoms with Crippen molar-refractivity contribution in [2.24, 2.45) is 0 Å². The summed E-state index contributed by atoms with van der Waals surface area (Å²) in [5.41, 5.74) is 1.91. The first-order chi connectivity index (χ1) is 12.0. The topological polar surface area (TPSA) is 64.0 Å². The first-order valence-electron chi connectivity index (χ1n) is 7.91. The number of nitrogens with one attached hydrogen (secondary N) is 1. The predicted molar refractivity (Wildman–Crippen MR) is 96.5 cm³/mol. The Morgan fingerprint density at radius 3 is 2.52 bits per heavy atom. The van der Waals surface area contributed by atoms with Crippen LogP contribution in [0.4, 0.5) is 0 Å². The molecule has 25 heavy (non-hydrogen) atoms. The van der Waals surface area contributed by atoms with Gasteiger partial charge in [-0.05, 0) is 36.2 Å². The molecule has 1 aliphatic rings. The average Bonchev–Trinajstić information content (AvgIpc) is 3.17. The molecule has 0 unspecified atom stereocenters. The molecular formula is C18H16ClN3O2S. The molecule has 2 aromatic carbocycles. The molecule has 1 heterocycles. The van der Waals surface area contributed by atoms with Crippen molar-refractivity contribution in [1.29, 1.82) is 0 Å². The number of rotatable bonds is 5. The van der Waals surface area contributed by atoms with E-state index in [4.69, 9.17) is 11.6 Å². The molecule has 0 radical (unpaired) electrons. The van der Waals surface area contributed by atoms with Crippen LogP contribution in [0.15, 0.2) is 71.9 Å². The van der Waals surface area contributed by atoms with Crippen molar-refractivity contribution in [3.05, 3.63) is 77.6 Å². The zero-order chi connectivity index (χ0) is 17.4. The van der Waals surface area contributed by atoms with Gasteiger partial charge in [0.25, 0.3) is 0 Å². The third-order valence-electron chi connectivity index (χ3n) is 4.29. The summed E-state index contributed by atoms with van der Waals surface area (Å²) in [6, 6.07) is 16.9. The van der Waals surface area contributed by atoms with E-state index in [1.807, 2.05) is 30.3 Å². The van der Waals surface area contributed by atoms with Crippen LogP contribution in [0.5, 0.6) is 0 Å². The molecule has 128 valence electrons. The highest BCUT2D eigenvalue weighted by Gasteiger charge is 2.41. The van der Waals surface area contributed by atoms with Crippen molar-refractivity contribution in [2.45, 2.75) is 23.3 Å². The monoisotopic (exact) mass is 373 g/mol. The van der Waals surface area contributed by atoms with Crippen LogP contribution in [-0.2, 0) is 10.0 Å². The summed E-state index contributed by atoms with van der Waals surface area (Å²) < 4.78 is 29.4. The molecule has 4 rings (SSSR count). The molecule has 1 saturated carbocycles. The van der Waals surface area contributed by atoms with Gasteiger partial charge in [-0.2, -0.15) is 5.10 Å². The van der Waals surface area contributed by atoms with E-state index in [2.05, 4.69) is 9.82 Å². The SMILES string of the molecule is O=S(=O)(N[C@H]1C[C@@H]1c1ccccc1)c1cnn(-c2ccc(Cl)cc2)c1. The number of nitrogens with zero attached hydrogens (tertiary/aromatic N) is 2. The van der Waals surface area contributed by atoms with Gasteiger partial charge < -0.3 is 0 Å². The molecule has 1 fully saturated rings. The van der Waals surface area contributed by atoms with Crippen molar-refractivity contribution in [3.63, 3.8) is 0 Å². The van der Waals surface area contributed by atoms with Gasteiger partial charge >= 0.3 is 0 Å². The highest BCUT2D eigenvalue weighted by atomic mass is 35.5. The Bertz CT molecular complexity index is 985. The van der Waals surface area contributed by atoms with E-state index in [1.54, 1.807) is 24.3 Å². The predicted octanol–water partition coefficient (Wildman–Crippen LogP) is 3.36. The van der Waals surface area contributed by atoms with Crippen LogP contribution in [0, 0.1) is 0 Å². The van der Waals surface area contributed by atoms with Gasteiger partial charge in [0.05, 0.1) is 18.1 Å². The van der Waals surface area contributed by atoms with Crippen LogP contribution in [0.1, 0.15) is 17.9 Å². The number of aromatic nitrogens is 2. The maximum atomic E-state index is 12.6. The van der Waals surface area contributed by atoms with Gasteiger partial charge in [0.1, 0.15) is 4.90 Å². The van der Waals surface area contributed by atoms with Gasteiger partial charge in [-0.1, -0.05) is 41.9 Å². The highest BCUT2D eigenvalue weighted by molar-refractivity contribution is 7.89. The van der Waals surface area contributed by atoms with E-state index in [0.29, 0.717) is 5.02 Å². The molecule has 0 saturated heterocycles. The molecule has 5 nitrogen and oxygen atoms in total. The van der Waals surface area contributed by atoms with Crippen LogP contribution in [0.2, 0.25) is 5.02 Å². The molecule has 1 aromatic heterocycles. The lowest BCUT2D eigenvalue weighted by atomic mass is 10.1. The highest BCUT2D eigenvalue weighted by Crippen LogP contribution is 2.41. The lowest BCUT2D eigenvalue weighted by Crippen LogP contribution is -2.26. The van der Waals surface area contributed by atoms with Gasteiger partial charge in [0, 0.05) is 17.0 Å². The van der Waals surface area contributed by atoms with Gasteiger partial charge in [-0.3, -0.25) is 0 Å². The van der Waals surface area contributed by atoms with Gasteiger partial charge in [0.15, 0.2) is 0 Å². The van der Waals surface area contributed by atoms with Crippen molar-refractivity contribution in [2.75, 3.05) is 0 Å². The summed E-state index contributed by atoms with van der Waals surface area (Å²) in [5, 5.41) is 4.76. The summed E-state index contributed by atoms with van der Waals surface area (Å²) in [4.78, 5) is 0.154. The molecule has 1 aliphatic carbocycles. The third-order valence-corrected chi connectivity index (χ3v) is 5.98. The lowest BCUT2D eigenvalue weighted by Gasteiger charge is -2.04. The fourth-order valence-corrected chi connectivity index (χ4v) is 4.19. The average molecular weight is 374 g/mol. The standard InChI is InChI=1S/C18H16ClN3O2S/c19-14-6-8-15(9-7-14)22-12-16(11-20-22)25(23,24)21-18-10-17(18)13-4-2-1-3-5-13/h1-9,11-12,17-18,21H,10H2/t17-,18+/m1/s1. The molecule has 1 N–H and O–H groups in total. The minimum atomic E-state index is -3.59. The van der Waals surface area contributed by atoms with Crippen molar-refractivity contribution in [1.82, 2.24) is 14.5 Å². The molecule has 2 atom stereocenters. The first-order valence-corrected chi connectivity index (χ1v) is 9.77. The minimum absolute atomic E-state index is 0.0636. The quantitative estimate of drug-likeness (QED) is 0.745. The fraction of sp³-hybridized carbons (Fsp3) is 0.167. The summed E-state index contributed by atoms with van der Waals surface area (Å²) in [6.45, 7) is 0. The van der Waals surface area contributed by atoms with Crippen molar-refractivity contribution in [3.8, 4) is 5.69 Å². The van der Waals surface area contributed by atoms with E-state index < -0.39 is 10.0 Å². The second kappa shape index (κ2) is 6.29. The number of hydrogen-bond donors (Lipinski definition) is 1. The van der Waals surface area contributed by atoms with Crippen molar-refractivity contribution >= 4 is 21.6 Å². The summed E-state index contributed by atoms with van der Waals surface area (Å²) in [6.07, 6.45) is 3.68. The molecule has 0 spiro atoms. The van der Waals surface area contributed by atoms with Crippen LogP contribution < -0.4 is 4.72 Å². The third kappa shape index (κ3) is 3.46. The van der Waals surface area contributed by atoms with Crippen LogP contribution in [-0.4, -0.2) is 24.2 Å². The Balaban J connectivity index is 1.49. The largest absolute Gasteiger partial charge is 0.243 e. The molecule has 0 aliphatic heterocycles. The van der Waals surface area contributed by atoms with Crippen LogP contribution >= 0.6 is 11.6 Å². The number of sulfonamides is 1. The normalized spacial score (nSPS) is 19.7. The fourth-order valence-electron chi connectivity index (χ4n) is 2.84. The molecule has 0 amide bonds. The second-order valence-corrected chi connectivity index (χ2v) is 8.23. The maximum absolute atomic E-state index is 12.6. The summed E-state index contributed by atoms with van der Waals surface area (Å²) in [5.74, 6) is 0.238. The summed E-state index contributed by atoms with van der Waals surface area (Å²) in [7, 11) is -3.59. The van der Waals surface area contributed by atoms with Crippen LogP contribution in [0.3, 0.4) is 0 Å². The van der Waals surface area contributed by atoms with Crippen molar-refractivity contribution < 1.29 is 8.42 Å². The van der Waals surface area contributed by atoms with Gasteiger partial charge in [-0.25, -0.2) is 17.8 Å². The smallest absolute Gasteiger partial charge is 0.240 e. The number of benzene rings is 2. The Labute approximate surface area is 151 Å². The zero-order valence-corrected chi connectivity index (χ0v) is 14.8. The van der Waals surface area contributed by atoms with E-state index in [1.165, 1.54) is 17.1 Å². The molecule has 7 heteroatoms. The van der Waals surface area contributed by atoms with E-state index in [9.17, 15) is 8.42 Å². The van der Waals surface area contributed by atoms with Gasteiger partial charge in [0.2, 0.25) is 10.0 Å². The summed E-state index contributed by atoms with van der Waals surface area (Å²) >= 11 is 5.87. The second-order valence-electron chi connectivity index (χ2n) is 6.08. The number of hydrogen-bond acceptors (Lipinski definition) is 3. The zero-order valence-electron chi connectivity index (χ0n) is 13.2. The van der Waals surface area contributed by atoms with E-state index in [0.717, 1.165) is 17.7 Å². The Morgan fingerprint density at radius 1 is 1.08 bits per heavy atom. The minimum Gasteiger partial charge on any atom is -0.240 e. The number of halogens is 1. The van der Waals surface area contributed by atoms with Gasteiger partial charge in [-0.15, -0.1) is 0 Å². The van der Waals surface area contributed by atoms with Crippen LogP contribution in [0.25, 0.3) is 5.69 Å². The van der Waals surface area contributed by atoms with E-state index >= 15 is 0 Å². The Morgan fingerprint density at radius 2 is 1.80 bits per heavy atom. The Hall–Kier alpha value is -2.15. The maximum Gasteiger partial charge on any atom is 0.243 e.